The Balaban J connectivity index is 1.82. The van der Waals surface area contributed by atoms with Gasteiger partial charge in [-0.05, 0) is 28.8 Å². The number of Topliss-reactive ketones (excluding diaryl/α,β-unsaturated/α-hetero) is 2. The Morgan fingerprint density at radius 1 is 1.05 bits per heavy atom. The number of ketones is 2. The van der Waals surface area contributed by atoms with E-state index >= 15 is 0 Å². The first-order chi connectivity index (χ1) is 17.5. The predicted octanol–water partition coefficient (Wildman–Crippen LogP) is 1.21. The standard InChI is InChI=1S/C27H21NO9/c28-26(36)20-17(31)9-15-22(32)19-14(8-11-3-1-4-12(7-11)10-29)13-5-2-6-16(30)18(13)23(33)21(19)25(35)27(15,37)24(20)34/h1-8,10,15,19,22,30,32-34,37H,9H2,(H2,28,36)/t15-,19-,22-,27-/m1/s1. The summed E-state index contributed by atoms with van der Waals surface area (Å²) in [5, 5.41) is 55.3. The molecular formula is C27H21NO9. The molecule has 2 aromatic carbocycles. The number of aldehydes is 1. The van der Waals surface area contributed by atoms with E-state index in [4.69, 9.17) is 5.73 Å². The molecule has 7 N–H and O–H groups in total. The summed E-state index contributed by atoms with van der Waals surface area (Å²) < 4.78 is 0. The number of aromatic hydroxyl groups is 1. The number of rotatable bonds is 3. The molecular weight excluding hydrogens is 482 g/mol. The van der Waals surface area contributed by atoms with E-state index in [2.05, 4.69) is 0 Å². The highest BCUT2D eigenvalue weighted by molar-refractivity contribution is 6.23. The molecule has 188 valence electrons. The fraction of sp³-hybridized carbons (Fsp3) is 0.185. The predicted molar refractivity (Wildman–Crippen MR) is 129 cm³/mol. The second-order valence-electron chi connectivity index (χ2n) is 9.24. The van der Waals surface area contributed by atoms with E-state index in [1.54, 1.807) is 36.4 Å². The zero-order valence-corrected chi connectivity index (χ0v) is 19.1. The van der Waals surface area contributed by atoms with Crippen molar-refractivity contribution in [2.24, 2.45) is 17.6 Å². The smallest absolute Gasteiger partial charge is 0.255 e. The number of phenolic OH excluding ortho intramolecular Hbond substituents is 1. The van der Waals surface area contributed by atoms with E-state index in [0.717, 1.165) is 0 Å². The maximum absolute atomic E-state index is 13.8. The largest absolute Gasteiger partial charge is 0.508 e. The third-order valence-corrected chi connectivity index (χ3v) is 7.27. The summed E-state index contributed by atoms with van der Waals surface area (Å²) in [6.45, 7) is 0. The van der Waals surface area contributed by atoms with Crippen LogP contribution in [0.25, 0.3) is 17.4 Å². The summed E-state index contributed by atoms with van der Waals surface area (Å²) in [5.41, 5.74) is 1.98. The normalized spacial score (nSPS) is 28.1. The van der Waals surface area contributed by atoms with Crippen LogP contribution in [0.1, 0.15) is 33.5 Å². The molecule has 10 heteroatoms. The molecule has 37 heavy (non-hydrogen) atoms. The maximum atomic E-state index is 13.8. The third kappa shape index (κ3) is 3.26. The molecule has 3 aliphatic carbocycles. The lowest BCUT2D eigenvalue weighted by molar-refractivity contribution is -0.157. The van der Waals surface area contributed by atoms with Gasteiger partial charge in [-0.2, -0.15) is 0 Å². The van der Waals surface area contributed by atoms with Crippen molar-refractivity contribution in [3.8, 4) is 5.75 Å². The van der Waals surface area contributed by atoms with Crippen LogP contribution < -0.4 is 5.73 Å². The minimum absolute atomic E-state index is 0.153. The fourth-order valence-corrected chi connectivity index (χ4v) is 5.59. The number of hydrogen-bond acceptors (Lipinski definition) is 9. The van der Waals surface area contributed by atoms with Crippen molar-refractivity contribution < 1.29 is 44.7 Å². The van der Waals surface area contributed by atoms with E-state index in [-0.39, 0.29) is 16.7 Å². The lowest BCUT2D eigenvalue weighted by atomic mass is 9.56. The van der Waals surface area contributed by atoms with Crippen LogP contribution in [0.5, 0.6) is 5.75 Å². The van der Waals surface area contributed by atoms with Gasteiger partial charge in [-0.1, -0.05) is 36.4 Å². The van der Waals surface area contributed by atoms with Crippen molar-refractivity contribution in [3.63, 3.8) is 0 Å². The van der Waals surface area contributed by atoms with Gasteiger partial charge in [0.2, 0.25) is 5.78 Å². The molecule has 0 aromatic heterocycles. The molecule has 0 radical (unpaired) electrons. The van der Waals surface area contributed by atoms with Crippen molar-refractivity contribution in [3.05, 3.63) is 81.6 Å². The molecule has 1 fully saturated rings. The second kappa shape index (κ2) is 8.26. The number of primary amides is 1. The van der Waals surface area contributed by atoms with E-state index in [1.807, 2.05) is 0 Å². The third-order valence-electron chi connectivity index (χ3n) is 7.27. The first-order valence-electron chi connectivity index (χ1n) is 11.3. The summed E-state index contributed by atoms with van der Waals surface area (Å²) in [6, 6.07) is 10.7. The second-order valence-corrected chi connectivity index (χ2v) is 9.24. The van der Waals surface area contributed by atoms with Crippen molar-refractivity contribution in [1.82, 2.24) is 0 Å². The van der Waals surface area contributed by atoms with Gasteiger partial charge in [-0.3, -0.25) is 19.2 Å². The van der Waals surface area contributed by atoms with Gasteiger partial charge in [0.1, 0.15) is 29.1 Å². The van der Waals surface area contributed by atoms with Gasteiger partial charge in [0.25, 0.3) is 5.91 Å². The molecule has 0 saturated heterocycles. The molecule has 1 amide bonds. The van der Waals surface area contributed by atoms with Crippen LogP contribution >= 0.6 is 0 Å². The number of benzene rings is 2. The summed E-state index contributed by atoms with van der Waals surface area (Å²) in [5.74, 6) is -8.89. The first kappa shape index (κ1) is 24.2. The number of hydrogen-bond donors (Lipinski definition) is 6. The fourth-order valence-electron chi connectivity index (χ4n) is 5.59. The Kier molecular flexibility index (Phi) is 5.39. The number of aliphatic hydroxyl groups is 4. The summed E-state index contributed by atoms with van der Waals surface area (Å²) in [6.07, 6.45) is -0.204. The van der Waals surface area contributed by atoms with E-state index in [9.17, 15) is 44.7 Å². The molecule has 1 saturated carbocycles. The molecule has 2 aromatic rings. The minimum atomic E-state index is -2.93. The highest BCUT2D eigenvalue weighted by Gasteiger charge is 2.64. The summed E-state index contributed by atoms with van der Waals surface area (Å²) in [7, 11) is 0. The Hall–Kier alpha value is -4.54. The van der Waals surface area contributed by atoms with Crippen molar-refractivity contribution >= 4 is 41.2 Å². The van der Waals surface area contributed by atoms with E-state index < -0.39 is 75.8 Å². The van der Waals surface area contributed by atoms with Gasteiger partial charge in [-0.25, -0.2) is 0 Å². The number of aliphatic hydroxyl groups excluding tert-OH is 3. The maximum Gasteiger partial charge on any atom is 0.255 e. The van der Waals surface area contributed by atoms with Crippen molar-refractivity contribution in [2.75, 3.05) is 0 Å². The Morgan fingerprint density at radius 2 is 1.73 bits per heavy atom. The van der Waals surface area contributed by atoms with Crippen LogP contribution in [0.2, 0.25) is 0 Å². The number of amides is 1. The zero-order valence-electron chi connectivity index (χ0n) is 19.1. The van der Waals surface area contributed by atoms with Gasteiger partial charge < -0.3 is 31.3 Å². The lowest BCUT2D eigenvalue weighted by Crippen LogP contribution is -2.63. The van der Waals surface area contributed by atoms with Gasteiger partial charge in [0.15, 0.2) is 11.4 Å². The molecule has 10 nitrogen and oxygen atoms in total. The van der Waals surface area contributed by atoms with Crippen LogP contribution in [0, 0.1) is 11.8 Å². The quantitative estimate of drug-likeness (QED) is 0.263. The molecule has 0 unspecified atom stereocenters. The van der Waals surface area contributed by atoms with Gasteiger partial charge in [0.05, 0.1) is 17.2 Å². The zero-order chi connectivity index (χ0) is 26.8. The number of phenols is 1. The average Bonchev–Trinajstić information content (AvgIpc) is 2.86. The SMILES string of the molecule is NC(=O)C1=C(O)[C@@]2(O)C(=O)C3=C(O)c4c(O)cccc4C(=Cc4cccc(C=O)c4)[C@H]3[C@H](O)[C@H]2CC1=O. The van der Waals surface area contributed by atoms with Crippen LogP contribution in [-0.2, 0) is 14.4 Å². The molecule has 4 atom stereocenters. The monoisotopic (exact) mass is 503 g/mol. The van der Waals surface area contributed by atoms with E-state index in [0.29, 0.717) is 17.4 Å². The van der Waals surface area contributed by atoms with Crippen molar-refractivity contribution in [1.29, 1.82) is 0 Å². The van der Waals surface area contributed by atoms with E-state index in [1.165, 1.54) is 12.1 Å². The number of carbonyl (C=O) groups excluding carboxylic acids is 4. The highest BCUT2D eigenvalue weighted by Crippen LogP contribution is 2.55. The minimum Gasteiger partial charge on any atom is -0.508 e. The lowest BCUT2D eigenvalue weighted by Gasteiger charge is -2.49. The molecule has 0 aliphatic heterocycles. The van der Waals surface area contributed by atoms with Gasteiger partial charge in [-0.15, -0.1) is 0 Å². The Bertz CT molecular complexity index is 1520. The average molecular weight is 503 g/mol. The molecule has 5 rings (SSSR count). The van der Waals surface area contributed by atoms with Crippen molar-refractivity contribution in [2.45, 2.75) is 18.1 Å². The van der Waals surface area contributed by atoms with Crippen LogP contribution in [0.3, 0.4) is 0 Å². The first-order valence-corrected chi connectivity index (χ1v) is 11.3. The number of carbonyl (C=O) groups is 4. The van der Waals surface area contributed by atoms with Crippen LogP contribution in [-0.4, -0.2) is 61.0 Å². The Labute approximate surface area is 209 Å². The number of nitrogens with two attached hydrogens (primary N) is 1. The summed E-state index contributed by atoms with van der Waals surface area (Å²) in [4.78, 5) is 49.5. The van der Waals surface area contributed by atoms with Gasteiger partial charge in [0, 0.05) is 23.8 Å². The number of fused-ring (bicyclic) bond motifs is 3. The summed E-state index contributed by atoms with van der Waals surface area (Å²) >= 11 is 0. The molecule has 0 spiro atoms. The van der Waals surface area contributed by atoms with Gasteiger partial charge >= 0.3 is 0 Å². The van der Waals surface area contributed by atoms with Crippen LogP contribution in [0.15, 0.2) is 59.4 Å². The molecule has 3 aliphatic rings. The Morgan fingerprint density at radius 3 is 2.41 bits per heavy atom. The molecule has 0 heterocycles. The topological polar surface area (TPSA) is 195 Å². The molecule has 0 bridgehead atoms. The van der Waals surface area contributed by atoms with Crippen LogP contribution in [0.4, 0.5) is 0 Å². The highest BCUT2D eigenvalue weighted by atomic mass is 16.4.